The highest BCUT2D eigenvalue weighted by Gasteiger charge is 2.51. The molecule has 62 heavy (non-hydrogen) atoms. The number of aromatic nitrogens is 5. The second-order valence-corrected chi connectivity index (χ2v) is 18.3. The SMILES string of the molecule is Cn1nc(C2CCC(=O)NC2=O)c2ccc(C3CCN(CC4(O)CCN(c5ncc(Cl)c(Nc6ccc7c(c6)c6c(c(=O)n7C)OCC(F)(F)[C@H](C7CC7)N6)n5)CC4)CC3)cc21. The van der Waals surface area contributed by atoms with Gasteiger partial charge in [0, 0.05) is 56.6 Å². The zero-order valence-corrected chi connectivity index (χ0v) is 35.4. The molecule has 0 bridgehead atoms. The molecule has 0 radical (unpaired) electrons. The summed E-state index contributed by atoms with van der Waals surface area (Å²) in [5.41, 5.74) is 2.97. The lowest BCUT2D eigenvalue weighted by atomic mass is 9.86. The summed E-state index contributed by atoms with van der Waals surface area (Å²) >= 11 is 6.61. The molecule has 4 N–H and O–H groups in total. The molecule has 2 amide bonds. The minimum Gasteiger partial charge on any atom is -0.480 e. The Morgan fingerprint density at radius 2 is 1.74 bits per heavy atom. The van der Waals surface area contributed by atoms with Crippen molar-refractivity contribution in [3.8, 4) is 5.75 Å². The van der Waals surface area contributed by atoms with Crippen LogP contribution in [0.15, 0.2) is 47.4 Å². The molecule has 4 fully saturated rings. The highest BCUT2D eigenvalue weighted by atomic mass is 35.5. The standard InChI is InChI=1S/C44H49ClF2N10O5/c1-54-32-9-6-27(20-30(32)36-37(41(54)60)62-23-44(46,47)38(51-36)25-3-4-25)49-39-31(45)21-48-42(52-39)57-17-13-43(61,14-18-57)22-56-15-11-24(12-16-56)26-5-7-28-33(19-26)55(2)53-35(28)29-8-10-34(58)50-40(29)59/h5-7,9,19-21,24-25,29,38,51,61H,3-4,8,10-18,22-23H2,1-2H3,(H,48,49,52)(H,50,58,59)/t29?,38-/m0/s1. The van der Waals surface area contributed by atoms with Gasteiger partial charge in [-0.2, -0.15) is 10.1 Å². The van der Waals surface area contributed by atoms with E-state index in [-0.39, 0.29) is 34.2 Å². The van der Waals surface area contributed by atoms with Crippen LogP contribution in [-0.2, 0) is 23.7 Å². The fraction of sp³-hybridized carbons (Fsp3) is 0.500. The van der Waals surface area contributed by atoms with E-state index in [9.17, 15) is 19.5 Å². The highest BCUT2D eigenvalue weighted by molar-refractivity contribution is 6.33. The normalized spacial score (nSPS) is 23.1. The number of β-amino-alcohol motifs (C(OH)–C–C–N with tert-alkyl or cyclic N) is 1. The van der Waals surface area contributed by atoms with Gasteiger partial charge < -0.3 is 34.8 Å². The minimum absolute atomic E-state index is 0.125. The number of aryl methyl sites for hydroxylation is 2. The summed E-state index contributed by atoms with van der Waals surface area (Å²) in [5.74, 6) is -3.24. The number of anilines is 4. The molecule has 1 unspecified atom stereocenters. The lowest BCUT2D eigenvalue weighted by Gasteiger charge is -2.42. The van der Waals surface area contributed by atoms with Crippen molar-refractivity contribution in [3.63, 3.8) is 0 Å². The number of likely N-dealkylation sites (tertiary alicyclic amines) is 1. The first-order valence-electron chi connectivity index (χ1n) is 21.5. The predicted octanol–water partition coefficient (Wildman–Crippen LogP) is 5.56. The van der Waals surface area contributed by atoms with E-state index in [0.29, 0.717) is 98.1 Å². The molecule has 326 valence electrons. The number of piperidine rings is 3. The van der Waals surface area contributed by atoms with Crippen molar-refractivity contribution in [2.75, 3.05) is 54.9 Å². The topological polar surface area (TPSA) is 172 Å². The van der Waals surface area contributed by atoms with Gasteiger partial charge in [0.05, 0.1) is 46.2 Å². The molecule has 5 aliphatic rings. The fourth-order valence-corrected chi connectivity index (χ4v) is 10.0. The summed E-state index contributed by atoms with van der Waals surface area (Å²) < 4.78 is 39.1. The molecule has 3 saturated heterocycles. The van der Waals surface area contributed by atoms with Crippen LogP contribution in [-0.4, -0.2) is 103 Å². The van der Waals surface area contributed by atoms with Crippen molar-refractivity contribution in [1.82, 2.24) is 34.5 Å². The summed E-state index contributed by atoms with van der Waals surface area (Å²) in [7, 11) is 3.48. The van der Waals surface area contributed by atoms with Gasteiger partial charge in [-0.15, -0.1) is 0 Å². The highest BCUT2D eigenvalue weighted by Crippen LogP contribution is 2.46. The Morgan fingerprint density at radius 3 is 2.48 bits per heavy atom. The number of carbonyl (C=O) groups is 2. The number of ether oxygens (including phenoxy) is 1. The van der Waals surface area contributed by atoms with Gasteiger partial charge in [0.25, 0.3) is 5.56 Å². The minimum atomic E-state index is -3.14. The van der Waals surface area contributed by atoms with Crippen molar-refractivity contribution >= 4 is 68.4 Å². The molecule has 18 heteroatoms. The Morgan fingerprint density at radius 1 is 0.968 bits per heavy atom. The smallest absolute Gasteiger partial charge is 0.301 e. The van der Waals surface area contributed by atoms with Crippen LogP contribution in [0.1, 0.15) is 74.5 Å². The number of rotatable bonds is 8. The third-order valence-corrected chi connectivity index (χ3v) is 13.9. The van der Waals surface area contributed by atoms with Crippen LogP contribution in [0.5, 0.6) is 5.75 Å². The summed E-state index contributed by atoms with van der Waals surface area (Å²) in [4.78, 5) is 51.3. The number of alkyl halides is 2. The van der Waals surface area contributed by atoms with E-state index < -0.39 is 35.6 Å². The summed E-state index contributed by atoms with van der Waals surface area (Å²) in [5, 5.41) is 27.0. The molecule has 4 aliphatic heterocycles. The molecule has 2 atom stereocenters. The number of hydrogen-bond acceptors (Lipinski definition) is 12. The van der Waals surface area contributed by atoms with Gasteiger partial charge in [0.1, 0.15) is 5.02 Å². The third kappa shape index (κ3) is 7.51. The molecule has 2 aromatic carbocycles. The van der Waals surface area contributed by atoms with Crippen LogP contribution < -0.4 is 31.1 Å². The van der Waals surface area contributed by atoms with E-state index >= 15 is 8.78 Å². The third-order valence-electron chi connectivity index (χ3n) is 13.6. The first-order chi connectivity index (χ1) is 29.7. The molecule has 1 saturated carbocycles. The van der Waals surface area contributed by atoms with Crippen LogP contribution in [0.2, 0.25) is 5.02 Å². The largest absolute Gasteiger partial charge is 0.480 e. The number of hydrogen-bond donors (Lipinski definition) is 4. The number of nitrogens with zero attached hydrogens (tertiary/aromatic N) is 7. The molecular formula is C44H49ClF2N10O5. The maximum Gasteiger partial charge on any atom is 0.301 e. The van der Waals surface area contributed by atoms with E-state index in [0.717, 1.165) is 36.8 Å². The molecule has 5 aromatic rings. The molecule has 15 nitrogen and oxygen atoms in total. The van der Waals surface area contributed by atoms with Crippen LogP contribution in [0, 0.1) is 5.92 Å². The Labute approximate surface area is 360 Å². The predicted molar refractivity (Wildman–Crippen MR) is 231 cm³/mol. The lowest BCUT2D eigenvalue weighted by Crippen LogP contribution is -2.52. The summed E-state index contributed by atoms with van der Waals surface area (Å²) in [6.45, 7) is 2.53. The fourth-order valence-electron chi connectivity index (χ4n) is 9.91. The van der Waals surface area contributed by atoms with E-state index in [1.54, 1.807) is 25.2 Å². The van der Waals surface area contributed by atoms with Gasteiger partial charge in [-0.25, -0.2) is 13.8 Å². The number of nitrogens with one attached hydrogen (secondary N) is 3. The maximum atomic E-state index is 15.2. The monoisotopic (exact) mass is 870 g/mol. The lowest BCUT2D eigenvalue weighted by molar-refractivity contribution is -0.134. The number of carbonyl (C=O) groups excluding carboxylic acids is 2. The van der Waals surface area contributed by atoms with Crippen molar-refractivity contribution in [2.45, 2.75) is 80.8 Å². The Bertz CT molecular complexity index is 2670. The van der Waals surface area contributed by atoms with E-state index in [1.165, 1.54) is 16.3 Å². The zero-order chi connectivity index (χ0) is 43.1. The molecule has 0 spiro atoms. The number of halogens is 3. The average Bonchev–Trinajstić information content (AvgIpc) is 4.06. The van der Waals surface area contributed by atoms with E-state index in [4.69, 9.17) is 26.4 Å². The average molecular weight is 871 g/mol. The Hall–Kier alpha value is -5.39. The Kier molecular flexibility index (Phi) is 10.1. The van der Waals surface area contributed by atoms with E-state index in [1.807, 2.05) is 16.6 Å². The maximum absolute atomic E-state index is 15.2. The first kappa shape index (κ1) is 40.7. The van der Waals surface area contributed by atoms with E-state index in [2.05, 4.69) is 44.0 Å². The van der Waals surface area contributed by atoms with Gasteiger partial charge in [0.2, 0.25) is 23.5 Å². The molecule has 10 rings (SSSR count). The van der Waals surface area contributed by atoms with Crippen LogP contribution in [0.25, 0.3) is 21.8 Å². The number of fused-ring (bicyclic) bond motifs is 4. The summed E-state index contributed by atoms with van der Waals surface area (Å²) in [6, 6.07) is 10.6. The number of imide groups is 1. The van der Waals surface area contributed by atoms with Crippen LogP contribution >= 0.6 is 11.6 Å². The van der Waals surface area contributed by atoms with Gasteiger partial charge in [0.15, 0.2) is 12.4 Å². The van der Waals surface area contributed by atoms with Gasteiger partial charge in [-0.3, -0.25) is 24.4 Å². The zero-order valence-electron chi connectivity index (χ0n) is 34.6. The summed E-state index contributed by atoms with van der Waals surface area (Å²) in [6.07, 6.45) is 6.68. The van der Waals surface area contributed by atoms with Crippen molar-refractivity contribution < 1.29 is 28.2 Å². The van der Waals surface area contributed by atoms with Gasteiger partial charge >= 0.3 is 5.92 Å². The number of amides is 2. The first-order valence-corrected chi connectivity index (χ1v) is 21.8. The van der Waals surface area contributed by atoms with Crippen LogP contribution in [0.3, 0.4) is 0 Å². The quantitative estimate of drug-likeness (QED) is 0.143. The molecular weight excluding hydrogens is 822 g/mol. The van der Waals surface area contributed by atoms with Gasteiger partial charge in [-0.05, 0) is 99.7 Å². The second-order valence-electron chi connectivity index (χ2n) is 17.9. The number of aliphatic hydroxyl groups is 1. The van der Waals surface area contributed by atoms with Crippen molar-refractivity contribution in [3.05, 3.63) is 69.2 Å². The van der Waals surface area contributed by atoms with Crippen molar-refractivity contribution in [2.24, 2.45) is 20.0 Å². The molecule has 7 heterocycles. The van der Waals surface area contributed by atoms with Crippen LogP contribution in [0.4, 0.5) is 31.9 Å². The number of benzene rings is 2. The second kappa shape index (κ2) is 15.4. The number of pyridine rings is 1. The molecule has 1 aliphatic carbocycles. The molecule has 3 aromatic heterocycles. The van der Waals surface area contributed by atoms with Gasteiger partial charge in [-0.1, -0.05) is 23.7 Å². The van der Waals surface area contributed by atoms with Crippen molar-refractivity contribution in [1.29, 1.82) is 0 Å². The Balaban J connectivity index is 0.777.